The van der Waals surface area contributed by atoms with E-state index < -0.39 is 10.0 Å². The van der Waals surface area contributed by atoms with Crippen molar-refractivity contribution >= 4 is 31.9 Å². The van der Waals surface area contributed by atoms with Crippen LogP contribution in [-0.2, 0) is 21.4 Å². The third-order valence-electron chi connectivity index (χ3n) is 4.52. The quantitative estimate of drug-likeness (QED) is 0.678. The van der Waals surface area contributed by atoms with Crippen molar-refractivity contribution in [3.05, 3.63) is 58.6 Å². The Morgan fingerprint density at radius 1 is 1.07 bits per heavy atom. The number of amides is 1. The summed E-state index contributed by atoms with van der Waals surface area (Å²) in [6.45, 7) is 1.27. The normalized spacial score (nSPS) is 15.2. The maximum atomic E-state index is 12.8. The second kappa shape index (κ2) is 9.54. The van der Waals surface area contributed by atoms with E-state index in [1.54, 1.807) is 40.7 Å². The Morgan fingerprint density at radius 2 is 1.79 bits per heavy atom. The molecule has 0 atom stereocenters. The van der Waals surface area contributed by atoms with E-state index in [-0.39, 0.29) is 24.0 Å². The summed E-state index contributed by atoms with van der Waals surface area (Å²) < 4.78 is 33.5. The Hall–Kier alpha value is -1.90. The van der Waals surface area contributed by atoms with E-state index in [9.17, 15) is 13.2 Å². The Labute approximate surface area is 174 Å². The smallest absolute Gasteiger partial charge is 0.258 e. The molecule has 150 valence electrons. The second-order valence-electron chi connectivity index (χ2n) is 6.63. The summed E-state index contributed by atoms with van der Waals surface area (Å²) in [5.74, 6) is 0.334. The molecule has 0 aromatic heterocycles. The first kappa shape index (κ1) is 20.8. The monoisotopic (exact) mass is 466 g/mol. The minimum absolute atomic E-state index is 0.104. The molecule has 0 saturated carbocycles. The number of sulfonamides is 1. The third kappa shape index (κ3) is 5.56. The van der Waals surface area contributed by atoms with Crippen molar-refractivity contribution in [2.45, 2.75) is 30.7 Å². The molecule has 1 N–H and O–H groups in total. The molecule has 28 heavy (non-hydrogen) atoms. The molecule has 0 bridgehead atoms. The number of carbonyl (C=O) groups excluding carboxylic acids is 1. The SMILES string of the molecule is O=C(COc1ccc(Br)cc1)NCc1cccc(S(=O)(=O)N2CCCCC2)c1. The Morgan fingerprint density at radius 3 is 2.50 bits per heavy atom. The zero-order chi connectivity index (χ0) is 20.0. The topological polar surface area (TPSA) is 75.7 Å². The van der Waals surface area contributed by atoms with Gasteiger partial charge in [-0.3, -0.25) is 4.79 Å². The summed E-state index contributed by atoms with van der Waals surface area (Å²) in [6, 6.07) is 13.9. The number of piperidine rings is 1. The first-order valence-corrected chi connectivity index (χ1v) is 11.4. The van der Waals surface area contributed by atoms with Gasteiger partial charge in [0, 0.05) is 24.1 Å². The van der Waals surface area contributed by atoms with E-state index in [0.29, 0.717) is 18.8 Å². The highest BCUT2D eigenvalue weighted by atomic mass is 79.9. The van der Waals surface area contributed by atoms with Gasteiger partial charge in [0.25, 0.3) is 5.91 Å². The summed E-state index contributed by atoms with van der Waals surface area (Å²) in [4.78, 5) is 12.3. The van der Waals surface area contributed by atoms with Gasteiger partial charge in [-0.15, -0.1) is 0 Å². The van der Waals surface area contributed by atoms with Crippen LogP contribution in [0.3, 0.4) is 0 Å². The molecule has 3 rings (SSSR count). The fourth-order valence-electron chi connectivity index (χ4n) is 3.00. The van der Waals surface area contributed by atoms with Crippen LogP contribution in [0.5, 0.6) is 5.75 Å². The van der Waals surface area contributed by atoms with Crippen molar-refractivity contribution in [1.29, 1.82) is 0 Å². The third-order valence-corrected chi connectivity index (χ3v) is 6.95. The molecule has 0 radical (unpaired) electrons. The van der Waals surface area contributed by atoms with Crippen LogP contribution in [-0.4, -0.2) is 38.3 Å². The summed E-state index contributed by atoms with van der Waals surface area (Å²) in [6.07, 6.45) is 2.86. The van der Waals surface area contributed by atoms with Crippen LogP contribution < -0.4 is 10.1 Å². The molecule has 0 aliphatic carbocycles. The lowest BCUT2D eigenvalue weighted by atomic mass is 10.2. The Bertz CT molecular complexity index is 910. The summed E-state index contributed by atoms with van der Waals surface area (Å²) in [5.41, 5.74) is 0.732. The molecule has 2 aromatic rings. The largest absolute Gasteiger partial charge is 0.484 e. The van der Waals surface area contributed by atoms with Crippen molar-refractivity contribution < 1.29 is 17.9 Å². The van der Waals surface area contributed by atoms with Crippen LogP contribution in [0.15, 0.2) is 57.9 Å². The molecule has 1 fully saturated rings. The highest BCUT2D eigenvalue weighted by Gasteiger charge is 2.25. The van der Waals surface area contributed by atoms with Gasteiger partial charge >= 0.3 is 0 Å². The number of hydrogen-bond acceptors (Lipinski definition) is 4. The number of rotatable bonds is 7. The van der Waals surface area contributed by atoms with Crippen molar-refractivity contribution in [3.8, 4) is 5.75 Å². The van der Waals surface area contributed by atoms with Gasteiger partial charge in [0.05, 0.1) is 4.90 Å². The lowest BCUT2D eigenvalue weighted by Gasteiger charge is -2.26. The van der Waals surface area contributed by atoms with E-state index in [0.717, 1.165) is 29.3 Å². The molecule has 1 saturated heterocycles. The van der Waals surface area contributed by atoms with Crippen molar-refractivity contribution in [1.82, 2.24) is 9.62 Å². The molecule has 1 amide bonds. The van der Waals surface area contributed by atoms with Crippen molar-refractivity contribution in [2.24, 2.45) is 0 Å². The van der Waals surface area contributed by atoms with Gasteiger partial charge in [-0.25, -0.2) is 8.42 Å². The zero-order valence-corrected chi connectivity index (χ0v) is 17.8. The highest BCUT2D eigenvalue weighted by molar-refractivity contribution is 9.10. The summed E-state index contributed by atoms with van der Waals surface area (Å²) in [7, 11) is -3.48. The first-order chi connectivity index (χ1) is 13.4. The van der Waals surface area contributed by atoms with Crippen LogP contribution in [0.4, 0.5) is 0 Å². The molecule has 0 spiro atoms. The summed E-state index contributed by atoms with van der Waals surface area (Å²) >= 11 is 3.34. The predicted octanol–water partition coefficient (Wildman–Crippen LogP) is 3.32. The lowest BCUT2D eigenvalue weighted by Crippen LogP contribution is -2.35. The van der Waals surface area contributed by atoms with Gasteiger partial charge in [0.1, 0.15) is 5.75 Å². The zero-order valence-electron chi connectivity index (χ0n) is 15.4. The second-order valence-corrected chi connectivity index (χ2v) is 9.49. The van der Waals surface area contributed by atoms with E-state index >= 15 is 0 Å². The van der Waals surface area contributed by atoms with Gasteiger partial charge in [0.15, 0.2) is 6.61 Å². The van der Waals surface area contributed by atoms with Crippen LogP contribution in [0.25, 0.3) is 0 Å². The lowest BCUT2D eigenvalue weighted by molar-refractivity contribution is -0.123. The van der Waals surface area contributed by atoms with Crippen LogP contribution in [0.2, 0.25) is 0 Å². The van der Waals surface area contributed by atoms with Crippen LogP contribution in [0, 0.1) is 0 Å². The van der Waals surface area contributed by atoms with Gasteiger partial charge < -0.3 is 10.1 Å². The fourth-order valence-corrected chi connectivity index (χ4v) is 4.85. The predicted molar refractivity (Wildman–Crippen MR) is 111 cm³/mol. The molecule has 6 nitrogen and oxygen atoms in total. The number of nitrogens with one attached hydrogen (secondary N) is 1. The van der Waals surface area contributed by atoms with Crippen molar-refractivity contribution in [2.75, 3.05) is 19.7 Å². The number of hydrogen-bond donors (Lipinski definition) is 1. The molecular weight excluding hydrogens is 444 g/mol. The van der Waals surface area contributed by atoms with Gasteiger partial charge in [-0.2, -0.15) is 4.31 Å². The average molecular weight is 467 g/mol. The van der Waals surface area contributed by atoms with Gasteiger partial charge in [-0.1, -0.05) is 34.5 Å². The molecule has 1 aliphatic heterocycles. The number of ether oxygens (including phenoxy) is 1. The molecule has 0 unspecified atom stereocenters. The van der Waals surface area contributed by atoms with E-state index in [4.69, 9.17) is 4.74 Å². The van der Waals surface area contributed by atoms with Gasteiger partial charge in [-0.05, 0) is 54.8 Å². The number of carbonyl (C=O) groups is 1. The van der Waals surface area contributed by atoms with Crippen LogP contribution in [0.1, 0.15) is 24.8 Å². The molecule has 8 heteroatoms. The maximum Gasteiger partial charge on any atom is 0.258 e. The first-order valence-electron chi connectivity index (χ1n) is 9.19. The number of nitrogens with zero attached hydrogens (tertiary/aromatic N) is 1. The highest BCUT2D eigenvalue weighted by Crippen LogP contribution is 2.21. The van der Waals surface area contributed by atoms with Crippen molar-refractivity contribution in [3.63, 3.8) is 0 Å². The molecule has 2 aromatic carbocycles. The van der Waals surface area contributed by atoms with Gasteiger partial charge in [0.2, 0.25) is 10.0 Å². The van der Waals surface area contributed by atoms with Crippen LogP contribution >= 0.6 is 15.9 Å². The van der Waals surface area contributed by atoms with E-state index in [1.165, 1.54) is 0 Å². The Balaban J connectivity index is 1.55. The number of halogens is 1. The Kier molecular flexibility index (Phi) is 7.09. The number of benzene rings is 2. The fraction of sp³-hybridized carbons (Fsp3) is 0.350. The minimum atomic E-state index is -3.48. The average Bonchev–Trinajstić information content (AvgIpc) is 2.72. The molecule has 1 aliphatic rings. The molecular formula is C20H23BrN2O4S. The minimum Gasteiger partial charge on any atom is -0.484 e. The standard InChI is InChI=1S/C20H23BrN2O4S/c21-17-7-9-18(10-8-17)27-15-20(24)22-14-16-5-4-6-19(13-16)28(25,26)23-11-2-1-3-12-23/h4-10,13H,1-3,11-12,14-15H2,(H,22,24). The molecule has 1 heterocycles. The summed E-state index contributed by atoms with van der Waals surface area (Å²) in [5, 5.41) is 2.76. The maximum absolute atomic E-state index is 12.8. The van der Waals surface area contributed by atoms with E-state index in [1.807, 2.05) is 12.1 Å². The van der Waals surface area contributed by atoms with E-state index in [2.05, 4.69) is 21.2 Å².